The highest BCUT2D eigenvalue weighted by molar-refractivity contribution is 5.96. The predicted octanol–water partition coefficient (Wildman–Crippen LogP) is 7.72. The van der Waals surface area contributed by atoms with E-state index in [2.05, 4.69) is 97.9 Å². The molecule has 3 heteroatoms. The lowest BCUT2D eigenvalue weighted by Gasteiger charge is -2.34. The lowest BCUT2D eigenvalue weighted by Crippen LogP contribution is -2.43. The smallest absolute Gasteiger partial charge is 0.410 e. The largest absolute Gasteiger partial charge is 0.448 e. The lowest BCUT2D eigenvalue weighted by molar-refractivity contribution is 0.0867. The Morgan fingerprint density at radius 1 is 0.861 bits per heavy atom. The normalized spacial score (nSPS) is 20.2. The molecule has 1 fully saturated rings. The third kappa shape index (κ3) is 3.30. The topological polar surface area (TPSA) is 29.5 Å². The van der Waals surface area contributed by atoms with Gasteiger partial charge in [-0.25, -0.2) is 4.79 Å². The molecule has 2 heterocycles. The Labute approximate surface area is 212 Å². The predicted molar refractivity (Wildman–Crippen MR) is 145 cm³/mol. The SMILES string of the molecule is Cc1ccc2ccccc2c1C1=CC2CCC(C1)N2C(=O)OCC1c2ccccc2-c2ccccc21. The molecule has 0 N–H and O–H groups in total. The molecule has 4 aromatic rings. The van der Waals surface area contributed by atoms with E-state index in [-0.39, 0.29) is 24.1 Å². The quantitative estimate of drug-likeness (QED) is 0.306. The second-order valence-corrected chi connectivity index (χ2v) is 10.4. The van der Waals surface area contributed by atoms with Gasteiger partial charge in [0, 0.05) is 12.0 Å². The van der Waals surface area contributed by atoms with Crippen LogP contribution in [0.1, 0.15) is 47.4 Å². The molecule has 2 atom stereocenters. The fraction of sp³-hybridized carbons (Fsp3) is 0.242. The van der Waals surface area contributed by atoms with E-state index in [0.29, 0.717) is 6.61 Å². The van der Waals surface area contributed by atoms with Crippen LogP contribution in [0.15, 0.2) is 91.0 Å². The summed E-state index contributed by atoms with van der Waals surface area (Å²) in [4.78, 5) is 15.4. The Kier molecular flexibility index (Phi) is 4.99. The van der Waals surface area contributed by atoms with Crippen molar-refractivity contribution in [1.82, 2.24) is 4.90 Å². The van der Waals surface area contributed by atoms with Crippen molar-refractivity contribution in [2.45, 2.75) is 44.2 Å². The van der Waals surface area contributed by atoms with Gasteiger partial charge < -0.3 is 4.74 Å². The minimum atomic E-state index is -0.172. The van der Waals surface area contributed by atoms with E-state index in [4.69, 9.17) is 4.74 Å². The second kappa shape index (κ2) is 8.37. The van der Waals surface area contributed by atoms with Crippen LogP contribution in [-0.4, -0.2) is 29.7 Å². The third-order valence-corrected chi connectivity index (χ3v) is 8.40. The summed E-state index contributed by atoms with van der Waals surface area (Å²) in [5, 5.41) is 2.57. The first kappa shape index (κ1) is 21.4. The van der Waals surface area contributed by atoms with Gasteiger partial charge in [0.05, 0.1) is 6.04 Å². The standard InChI is InChI=1S/C33H29NO2/c1-21-14-15-22-8-2-3-9-26(22)32(21)23-18-24-16-17-25(19-23)34(24)33(35)36-20-31-29-12-6-4-10-27(29)28-11-5-7-13-30(28)31/h2-15,18,24-25,31H,16-17,19-20H2,1H3. The molecule has 2 aliphatic heterocycles. The van der Waals surface area contributed by atoms with Crippen LogP contribution in [0.5, 0.6) is 0 Å². The summed E-state index contributed by atoms with van der Waals surface area (Å²) in [5.41, 5.74) is 9.03. The average molecular weight is 472 g/mol. The van der Waals surface area contributed by atoms with Crippen molar-refractivity contribution in [3.05, 3.63) is 113 Å². The van der Waals surface area contributed by atoms with Crippen LogP contribution in [0.25, 0.3) is 27.5 Å². The fourth-order valence-corrected chi connectivity index (χ4v) is 6.78. The van der Waals surface area contributed by atoms with Gasteiger partial charge in [-0.2, -0.15) is 0 Å². The summed E-state index contributed by atoms with van der Waals surface area (Å²) in [6.45, 7) is 2.57. The number of fused-ring (bicyclic) bond motifs is 6. The van der Waals surface area contributed by atoms with E-state index in [1.54, 1.807) is 0 Å². The molecule has 0 aromatic heterocycles. The lowest BCUT2D eigenvalue weighted by atomic mass is 9.88. The Morgan fingerprint density at radius 3 is 2.31 bits per heavy atom. The summed E-state index contributed by atoms with van der Waals surface area (Å²) in [7, 11) is 0. The molecule has 0 radical (unpaired) electrons. The van der Waals surface area contributed by atoms with Gasteiger partial charge in [0.25, 0.3) is 0 Å². The molecule has 1 amide bonds. The molecule has 2 bridgehead atoms. The summed E-state index contributed by atoms with van der Waals surface area (Å²) in [5.74, 6) is 0.0910. The number of carbonyl (C=O) groups is 1. The van der Waals surface area contributed by atoms with Crippen molar-refractivity contribution < 1.29 is 9.53 Å². The molecule has 3 nitrogen and oxygen atoms in total. The number of nitrogens with zero attached hydrogens (tertiary/aromatic N) is 1. The van der Waals surface area contributed by atoms with Gasteiger partial charge in [-0.05, 0) is 75.9 Å². The number of amides is 1. The maximum atomic E-state index is 13.4. The van der Waals surface area contributed by atoms with Crippen LogP contribution < -0.4 is 0 Å². The number of carbonyl (C=O) groups excluding carboxylic acids is 1. The Hall–Kier alpha value is -3.85. The van der Waals surface area contributed by atoms with Crippen LogP contribution in [0, 0.1) is 6.92 Å². The molecule has 178 valence electrons. The first-order valence-corrected chi connectivity index (χ1v) is 13.0. The molecule has 4 aromatic carbocycles. The Morgan fingerprint density at radius 2 is 1.56 bits per heavy atom. The maximum Gasteiger partial charge on any atom is 0.410 e. The van der Waals surface area contributed by atoms with Gasteiger partial charge >= 0.3 is 6.09 Å². The van der Waals surface area contributed by atoms with E-state index in [1.807, 2.05) is 4.90 Å². The van der Waals surface area contributed by atoms with Crippen molar-refractivity contribution in [3.8, 4) is 11.1 Å². The average Bonchev–Trinajstić information content (AvgIpc) is 3.38. The molecule has 3 aliphatic rings. The zero-order chi connectivity index (χ0) is 24.2. The number of hydrogen-bond acceptors (Lipinski definition) is 2. The zero-order valence-corrected chi connectivity index (χ0v) is 20.5. The molecule has 0 spiro atoms. The van der Waals surface area contributed by atoms with Gasteiger partial charge in [0.15, 0.2) is 0 Å². The van der Waals surface area contributed by atoms with Crippen molar-refractivity contribution in [3.63, 3.8) is 0 Å². The third-order valence-electron chi connectivity index (χ3n) is 8.40. The molecular formula is C33H29NO2. The van der Waals surface area contributed by atoms with Crippen LogP contribution in [0.2, 0.25) is 0 Å². The monoisotopic (exact) mass is 471 g/mol. The number of hydrogen-bond donors (Lipinski definition) is 0. The van der Waals surface area contributed by atoms with Gasteiger partial charge in [-0.3, -0.25) is 4.90 Å². The first-order chi connectivity index (χ1) is 17.7. The number of ether oxygens (including phenoxy) is 1. The van der Waals surface area contributed by atoms with Gasteiger partial charge in [0.2, 0.25) is 0 Å². The van der Waals surface area contributed by atoms with E-state index in [9.17, 15) is 4.79 Å². The summed E-state index contributed by atoms with van der Waals surface area (Å²) in [6, 6.07) is 30.3. The van der Waals surface area contributed by atoms with Gasteiger partial charge in [-0.1, -0.05) is 91.0 Å². The highest BCUT2D eigenvalue weighted by Crippen LogP contribution is 2.45. The maximum absolute atomic E-state index is 13.4. The van der Waals surface area contributed by atoms with E-state index in [1.165, 1.54) is 49.7 Å². The van der Waals surface area contributed by atoms with Crippen molar-refractivity contribution in [2.24, 2.45) is 0 Å². The van der Waals surface area contributed by atoms with Gasteiger partial charge in [-0.15, -0.1) is 0 Å². The van der Waals surface area contributed by atoms with Crippen LogP contribution in [0.3, 0.4) is 0 Å². The molecule has 36 heavy (non-hydrogen) atoms. The Bertz CT molecular complexity index is 1490. The van der Waals surface area contributed by atoms with E-state index in [0.717, 1.165) is 19.3 Å². The highest BCUT2D eigenvalue weighted by atomic mass is 16.6. The highest BCUT2D eigenvalue weighted by Gasteiger charge is 2.41. The van der Waals surface area contributed by atoms with E-state index >= 15 is 0 Å². The first-order valence-electron chi connectivity index (χ1n) is 13.0. The number of benzene rings is 4. The minimum absolute atomic E-state index is 0.0910. The van der Waals surface area contributed by atoms with Crippen molar-refractivity contribution >= 4 is 22.4 Å². The summed E-state index contributed by atoms with van der Waals surface area (Å²) in [6.07, 6.45) is 5.07. The molecular weight excluding hydrogens is 442 g/mol. The number of rotatable bonds is 3. The van der Waals surface area contributed by atoms with Crippen molar-refractivity contribution in [2.75, 3.05) is 6.61 Å². The van der Waals surface area contributed by atoms with Crippen LogP contribution in [0.4, 0.5) is 4.79 Å². The number of aryl methyl sites for hydroxylation is 1. The Balaban J connectivity index is 1.14. The molecule has 7 rings (SSSR count). The van der Waals surface area contributed by atoms with Crippen LogP contribution in [-0.2, 0) is 4.74 Å². The zero-order valence-electron chi connectivity index (χ0n) is 20.5. The fourth-order valence-electron chi connectivity index (χ4n) is 6.78. The molecule has 0 saturated carbocycles. The molecule has 2 unspecified atom stereocenters. The van der Waals surface area contributed by atoms with Gasteiger partial charge in [0.1, 0.15) is 6.61 Å². The van der Waals surface area contributed by atoms with E-state index < -0.39 is 0 Å². The minimum Gasteiger partial charge on any atom is -0.448 e. The van der Waals surface area contributed by atoms with Crippen LogP contribution >= 0.6 is 0 Å². The molecule has 1 saturated heterocycles. The summed E-state index contributed by atoms with van der Waals surface area (Å²) < 4.78 is 6.05. The summed E-state index contributed by atoms with van der Waals surface area (Å²) >= 11 is 0. The molecule has 1 aliphatic carbocycles. The van der Waals surface area contributed by atoms with Crippen molar-refractivity contribution in [1.29, 1.82) is 0 Å². The second-order valence-electron chi connectivity index (χ2n) is 10.4.